The summed E-state index contributed by atoms with van der Waals surface area (Å²) < 4.78 is 26.8. The smallest absolute Gasteiger partial charge is 0.243 e. The summed E-state index contributed by atoms with van der Waals surface area (Å²) in [4.78, 5) is 12.5. The number of rotatable bonds is 6. The Morgan fingerprint density at radius 3 is 2.28 bits per heavy atom. The van der Waals surface area contributed by atoms with E-state index in [9.17, 15) is 13.2 Å². The molecule has 1 aromatic rings. The first-order valence-corrected chi connectivity index (χ1v) is 10.8. The number of nitrogens with zero attached hydrogens (tertiary/aromatic N) is 1. The molecule has 25 heavy (non-hydrogen) atoms. The van der Waals surface area contributed by atoms with Crippen molar-refractivity contribution >= 4 is 15.9 Å². The standard InChI is InChI=1S/C19H28N2O3S/c22-19(20-15-17-6-4-5-7-17)14-16-10-12-21(13-11-16)25(23,24)18-8-2-1-3-9-18/h1-3,8-9,16-17H,4-7,10-15H2,(H,20,22). The zero-order chi connectivity index (χ0) is 17.7. The number of carbonyl (C=O) groups excluding carboxylic acids is 1. The second kappa shape index (κ2) is 8.32. The van der Waals surface area contributed by atoms with Gasteiger partial charge >= 0.3 is 0 Å². The molecular formula is C19H28N2O3S. The van der Waals surface area contributed by atoms with Crippen LogP contribution in [0, 0.1) is 11.8 Å². The molecule has 2 fully saturated rings. The lowest BCUT2D eigenvalue weighted by Crippen LogP contribution is -2.39. The average Bonchev–Trinajstić information content (AvgIpc) is 3.15. The summed E-state index contributed by atoms with van der Waals surface area (Å²) in [6, 6.07) is 8.58. The van der Waals surface area contributed by atoms with Gasteiger partial charge in [-0.15, -0.1) is 0 Å². The number of piperidine rings is 1. The molecule has 0 radical (unpaired) electrons. The molecule has 0 spiro atoms. The molecule has 6 heteroatoms. The van der Waals surface area contributed by atoms with Crippen LogP contribution in [0.2, 0.25) is 0 Å². The number of benzene rings is 1. The van der Waals surface area contributed by atoms with Crippen molar-refractivity contribution in [2.24, 2.45) is 11.8 Å². The number of sulfonamides is 1. The summed E-state index contributed by atoms with van der Waals surface area (Å²) in [5.74, 6) is 1.06. The quantitative estimate of drug-likeness (QED) is 0.844. The topological polar surface area (TPSA) is 66.5 Å². The van der Waals surface area contributed by atoms with Gasteiger partial charge in [0.25, 0.3) is 0 Å². The Morgan fingerprint density at radius 1 is 1.00 bits per heavy atom. The Balaban J connectivity index is 1.44. The number of amides is 1. The van der Waals surface area contributed by atoms with Gasteiger partial charge in [-0.05, 0) is 49.7 Å². The molecule has 1 amide bonds. The van der Waals surface area contributed by atoms with E-state index in [1.807, 2.05) is 6.07 Å². The van der Waals surface area contributed by atoms with Crippen LogP contribution in [0.4, 0.5) is 0 Å². The van der Waals surface area contributed by atoms with Crippen molar-refractivity contribution in [3.63, 3.8) is 0 Å². The summed E-state index contributed by atoms with van der Waals surface area (Å²) in [5.41, 5.74) is 0. The largest absolute Gasteiger partial charge is 0.356 e. The molecule has 0 bridgehead atoms. The van der Waals surface area contributed by atoms with E-state index in [2.05, 4.69) is 5.32 Å². The fourth-order valence-electron chi connectivity index (χ4n) is 3.90. The molecular weight excluding hydrogens is 336 g/mol. The van der Waals surface area contributed by atoms with Gasteiger partial charge in [0.1, 0.15) is 0 Å². The fourth-order valence-corrected chi connectivity index (χ4v) is 5.39. The normalized spacial score (nSPS) is 20.6. The number of hydrogen-bond donors (Lipinski definition) is 1. The highest BCUT2D eigenvalue weighted by atomic mass is 32.2. The maximum atomic E-state index is 12.6. The lowest BCUT2D eigenvalue weighted by atomic mass is 9.94. The second-order valence-electron chi connectivity index (χ2n) is 7.32. The molecule has 138 valence electrons. The van der Waals surface area contributed by atoms with Crippen LogP contribution in [0.5, 0.6) is 0 Å². The van der Waals surface area contributed by atoms with Gasteiger partial charge in [-0.1, -0.05) is 31.0 Å². The molecule has 1 aromatic carbocycles. The highest BCUT2D eigenvalue weighted by Gasteiger charge is 2.30. The van der Waals surface area contributed by atoms with Gasteiger partial charge in [-0.2, -0.15) is 4.31 Å². The van der Waals surface area contributed by atoms with Crippen molar-refractivity contribution in [1.29, 1.82) is 0 Å². The highest BCUT2D eigenvalue weighted by Crippen LogP contribution is 2.26. The van der Waals surface area contributed by atoms with Crippen LogP contribution in [-0.4, -0.2) is 38.3 Å². The van der Waals surface area contributed by atoms with Crippen molar-refractivity contribution in [1.82, 2.24) is 9.62 Å². The van der Waals surface area contributed by atoms with E-state index in [-0.39, 0.29) is 11.8 Å². The first-order chi connectivity index (χ1) is 12.1. The summed E-state index contributed by atoms with van der Waals surface area (Å²) in [6.07, 6.45) is 7.06. The maximum absolute atomic E-state index is 12.6. The van der Waals surface area contributed by atoms with E-state index in [0.717, 1.165) is 19.4 Å². The lowest BCUT2D eigenvalue weighted by molar-refractivity contribution is -0.122. The Bertz CT molecular complexity index is 661. The van der Waals surface area contributed by atoms with E-state index in [1.54, 1.807) is 28.6 Å². The molecule has 1 aliphatic heterocycles. The van der Waals surface area contributed by atoms with Crippen LogP contribution in [0.3, 0.4) is 0 Å². The van der Waals surface area contributed by atoms with Crippen molar-refractivity contribution < 1.29 is 13.2 Å². The minimum Gasteiger partial charge on any atom is -0.356 e. The fraction of sp³-hybridized carbons (Fsp3) is 0.632. The lowest BCUT2D eigenvalue weighted by Gasteiger charge is -2.31. The van der Waals surface area contributed by atoms with E-state index < -0.39 is 10.0 Å². The van der Waals surface area contributed by atoms with Gasteiger partial charge in [0, 0.05) is 26.1 Å². The molecule has 1 heterocycles. The minimum atomic E-state index is -3.40. The molecule has 1 saturated heterocycles. The second-order valence-corrected chi connectivity index (χ2v) is 9.26. The van der Waals surface area contributed by atoms with Gasteiger partial charge in [0.2, 0.25) is 15.9 Å². The summed E-state index contributed by atoms with van der Waals surface area (Å²) >= 11 is 0. The van der Waals surface area contributed by atoms with Gasteiger partial charge in [0.15, 0.2) is 0 Å². The summed E-state index contributed by atoms with van der Waals surface area (Å²) in [6.45, 7) is 1.80. The molecule has 0 aromatic heterocycles. The first kappa shape index (κ1) is 18.4. The first-order valence-electron chi connectivity index (χ1n) is 9.37. The minimum absolute atomic E-state index is 0.122. The maximum Gasteiger partial charge on any atom is 0.243 e. The molecule has 1 aliphatic carbocycles. The van der Waals surface area contributed by atoms with Crippen LogP contribution < -0.4 is 5.32 Å². The Morgan fingerprint density at radius 2 is 1.64 bits per heavy atom. The number of hydrogen-bond acceptors (Lipinski definition) is 3. The van der Waals surface area contributed by atoms with E-state index in [4.69, 9.17) is 0 Å². The van der Waals surface area contributed by atoms with E-state index >= 15 is 0 Å². The monoisotopic (exact) mass is 364 g/mol. The van der Waals surface area contributed by atoms with Crippen molar-refractivity contribution in [2.45, 2.75) is 49.8 Å². The highest BCUT2D eigenvalue weighted by molar-refractivity contribution is 7.89. The third-order valence-corrected chi connectivity index (χ3v) is 7.40. The third-order valence-electron chi connectivity index (χ3n) is 5.49. The van der Waals surface area contributed by atoms with Crippen LogP contribution in [-0.2, 0) is 14.8 Å². The van der Waals surface area contributed by atoms with E-state index in [0.29, 0.717) is 30.3 Å². The van der Waals surface area contributed by atoms with E-state index in [1.165, 1.54) is 25.7 Å². The zero-order valence-electron chi connectivity index (χ0n) is 14.7. The van der Waals surface area contributed by atoms with Gasteiger partial charge in [0.05, 0.1) is 4.90 Å². The van der Waals surface area contributed by atoms with Crippen LogP contribution in [0.25, 0.3) is 0 Å². The molecule has 5 nitrogen and oxygen atoms in total. The van der Waals surface area contributed by atoms with Gasteiger partial charge in [-0.25, -0.2) is 8.42 Å². The Labute approximate surface area is 150 Å². The molecule has 1 saturated carbocycles. The molecule has 1 N–H and O–H groups in total. The summed E-state index contributed by atoms with van der Waals surface area (Å²) in [5, 5.41) is 3.07. The molecule has 0 unspecified atom stereocenters. The van der Waals surface area contributed by atoms with Gasteiger partial charge < -0.3 is 5.32 Å². The zero-order valence-corrected chi connectivity index (χ0v) is 15.5. The van der Waals surface area contributed by atoms with Gasteiger partial charge in [-0.3, -0.25) is 4.79 Å². The summed E-state index contributed by atoms with van der Waals surface area (Å²) in [7, 11) is -3.40. The Hall–Kier alpha value is -1.40. The number of nitrogens with one attached hydrogen (secondary N) is 1. The van der Waals surface area contributed by atoms with Crippen molar-refractivity contribution in [3.8, 4) is 0 Å². The van der Waals surface area contributed by atoms with Crippen molar-refractivity contribution in [3.05, 3.63) is 30.3 Å². The molecule has 2 aliphatic rings. The van der Waals surface area contributed by atoms with Crippen LogP contribution in [0.1, 0.15) is 44.9 Å². The predicted molar refractivity (Wildman–Crippen MR) is 97.5 cm³/mol. The number of carbonyl (C=O) groups is 1. The molecule has 0 atom stereocenters. The predicted octanol–water partition coefficient (Wildman–Crippen LogP) is 2.78. The molecule has 3 rings (SSSR count). The Kier molecular flexibility index (Phi) is 6.12. The van der Waals surface area contributed by atoms with Crippen molar-refractivity contribution in [2.75, 3.05) is 19.6 Å². The SMILES string of the molecule is O=C(CC1CCN(S(=O)(=O)c2ccccc2)CC1)NCC1CCCC1. The van der Waals surface area contributed by atoms with Crippen LogP contribution in [0.15, 0.2) is 35.2 Å². The average molecular weight is 365 g/mol. The third kappa shape index (κ3) is 4.82. The van der Waals surface area contributed by atoms with Crippen LogP contribution >= 0.6 is 0 Å².